The van der Waals surface area contributed by atoms with Crippen LogP contribution in [0, 0.1) is 0 Å². The number of hydrogen-bond donors (Lipinski definition) is 5. The average Bonchev–Trinajstić information content (AvgIpc) is 2.82. The van der Waals surface area contributed by atoms with Crippen molar-refractivity contribution in [2.45, 2.75) is 32.0 Å². The van der Waals surface area contributed by atoms with Gasteiger partial charge in [0.25, 0.3) is 5.91 Å². The fourth-order valence-corrected chi connectivity index (χ4v) is 3.43. The molecule has 1 heterocycles. The van der Waals surface area contributed by atoms with Gasteiger partial charge in [0.15, 0.2) is 11.5 Å². The molecule has 0 saturated heterocycles. The van der Waals surface area contributed by atoms with Crippen molar-refractivity contribution < 1.29 is 19.7 Å². The van der Waals surface area contributed by atoms with Crippen molar-refractivity contribution in [3.05, 3.63) is 83.0 Å². The predicted molar refractivity (Wildman–Crippen MR) is 127 cm³/mol. The molecular formula is C25H30N4O4. The minimum atomic E-state index is -0.684. The number of nitrogen functional groups attached to an aromatic ring is 1. The van der Waals surface area contributed by atoms with Crippen LogP contribution in [0.2, 0.25) is 0 Å². The maximum atomic E-state index is 12.6. The van der Waals surface area contributed by atoms with Crippen LogP contribution < -0.4 is 21.1 Å². The van der Waals surface area contributed by atoms with Gasteiger partial charge in [-0.25, -0.2) is 4.98 Å². The largest absolute Gasteiger partial charge is 0.504 e. The van der Waals surface area contributed by atoms with Crippen LogP contribution in [0.4, 0.5) is 5.82 Å². The maximum absolute atomic E-state index is 12.6. The van der Waals surface area contributed by atoms with Gasteiger partial charge in [-0.2, -0.15) is 0 Å². The van der Waals surface area contributed by atoms with E-state index in [0.717, 1.165) is 11.1 Å². The first-order chi connectivity index (χ1) is 15.9. The lowest BCUT2D eigenvalue weighted by molar-refractivity contribution is 0.0950. The highest BCUT2D eigenvalue weighted by Gasteiger charge is 2.12. The van der Waals surface area contributed by atoms with Gasteiger partial charge in [-0.05, 0) is 54.8 Å². The SMILES string of the molecule is COc1cc(CNC(=O)c2cccc(C[C@@H](C)NC[C@H](O)c3ccc(N)nc3)c2)ccc1O. The Morgan fingerprint density at radius 3 is 2.70 bits per heavy atom. The third-order valence-corrected chi connectivity index (χ3v) is 5.28. The number of aliphatic hydroxyl groups is 1. The fourth-order valence-electron chi connectivity index (χ4n) is 3.43. The van der Waals surface area contributed by atoms with Gasteiger partial charge in [0.05, 0.1) is 13.2 Å². The van der Waals surface area contributed by atoms with Crippen molar-refractivity contribution >= 4 is 11.7 Å². The Labute approximate surface area is 193 Å². The smallest absolute Gasteiger partial charge is 0.251 e. The molecule has 1 amide bonds. The van der Waals surface area contributed by atoms with E-state index in [0.29, 0.717) is 42.2 Å². The number of nitrogens with one attached hydrogen (secondary N) is 2. The van der Waals surface area contributed by atoms with Gasteiger partial charge < -0.3 is 31.3 Å². The molecule has 2 atom stereocenters. The molecule has 0 fully saturated rings. The van der Waals surface area contributed by atoms with E-state index in [1.165, 1.54) is 13.2 Å². The monoisotopic (exact) mass is 450 g/mol. The average molecular weight is 451 g/mol. The number of methoxy groups -OCH3 is 1. The molecule has 0 aliphatic heterocycles. The van der Waals surface area contributed by atoms with Crippen LogP contribution in [0.25, 0.3) is 0 Å². The summed E-state index contributed by atoms with van der Waals surface area (Å²) in [5.41, 5.74) is 8.69. The number of phenols is 1. The zero-order chi connectivity index (χ0) is 23.8. The Morgan fingerprint density at radius 2 is 1.97 bits per heavy atom. The molecule has 0 unspecified atom stereocenters. The minimum absolute atomic E-state index is 0.0562. The standard InChI is InChI=1S/C25H30N4O4/c1-16(27-15-22(31)20-7-9-24(26)28-14-20)10-17-4-3-5-19(11-17)25(32)29-13-18-6-8-21(30)23(12-18)33-2/h3-9,11-12,14,16,22,27,30-31H,10,13,15H2,1-2H3,(H2,26,28)(H,29,32)/t16-,22+/m1/s1. The first-order valence-electron chi connectivity index (χ1n) is 10.7. The van der Waals surface area contributed by atoms with Crippen LogP contribution in [-0.2, 0) is 13.0 Å². The van der Waals surface area contributed by atoms with Gasteiger partial charge in [-0.15, -0.1) is 0 Å². The number of benzene rings is 2. The molecule has 0 bridgehead atoms. The van der Waals surface area contributed by atoms with Crippen molar-refractivity contribution in [2.75, 3.05) is 19.4 Å². The number of aliphatic hydroxyl groups excluding tert-OH is 1. The number of ether oxygens (including phenoxy) is 1. The molecule has 3 aromatic rings. The van der Waals surface area contributed by atoms with Gasteiger partial charge >= 0.3 is 0 Å². The Kier molecular flexibility index (Phi) is 8.23. The number of hydrogen-bond acceptors (Lipinski definition) is 7. The fraction of sp³-hybridized carbons (Fsp3) is 0.280. The lowest BCUT2D eigenvalue weighted by Crippen LogP contribution is -2.32. The minimum Gasteiger partial charge on any atom is -0.504 e. The second kappa shape index (κ2) is 11.3. The van der Waals surface area contributed by atoms with Crippen LogP contribution in [0.5, 0.6) is 11.5 Å². The van der Waals surface area contributed by atoms with E-state index in [2.05, 4.69) is 15.6 Å². The van der Waals surface area contributed by atoms with Crippen molar-refractivity contribution in [3.8, 4) is 11.5 Å². The van der Waals surface area contributed by atoms with Gasteiger partial charge in [-0.3, -0.25) is 4.79 Å². The van der Waals surface area contributed by atoms with Gasteiger partial charge in [-0.1, -0.05) is 24.3 Å². The number of nitrogens with zero attached hydrogens (tertiary/aromatic N) is 1. The number of carbonyl (C=O) groups is 1. The molecular weight excluding hydrogens is 420 g/mol. The summed E-state index contributed by atoms with van der Waals surface area (Å²) in [6.45, 7) is 2.72. The first-order valence-corrected chi connectivity index (χ1v) is 10.7. The number of rotatable bonds is 10. The van der Waals surface area contributed by atoms with Crippen molar-refractivity contribution in [1.29, 1.82) is 0 Å². The van der Waals surface area contributed by atoms with Crippen molar-refractivity contribution in [1.82, 2.24) is 15.6 Å². The zero-order valence-corrected chi connectivity index (χ0v) is 18.8. The van der Waals surface area contributed by atoms with E-state index in [-0.39, 0.29) is 17.7 Å². The summed E-state index contributed by atoms with van der Waals surface area (Å²) in [7, 11) is 1.48. The quantitative estimate of drug-likeness (QED) is 0.321. The van der Waals surface area contributed by atoms with E-state index in [1.807, 2.05) is 25.1 Å². The Hall–Kier alpha value is -3.62. The predicted octanol–water partition coefficient (Wildman–Crippen LogP) is 2.56. The molecule has 0 radical (unpaired) electrons. The Balaban J connectivity index is 1.52. The summed E-state index contributed by atoms with van der Waals surface area (Å²) >= 11 is 0. The number of pyridine rings is 1. The van der Waals surface area contributed by atoms with E-state index < -0.39 is 6.10 Å². The number of nitrogens with two attached hydrogens (primary N) is 1. The molecule has 6 N–H and O–H groups in total. The van der Waals surface area contributed by atoms with Crippen molar-refractivity contribution in [2.24, 2.45) is 0 Å². The normalized spacial score (nSPS) is 12.7. The second-order valence-electron chi connectivity index (χ2n) is 7.93. The number of amides is 1. The molecule has 0 aliphatic rings. The molecule has 1 aromatic heterocycles. The highest BCUT2D eigenvalue weighted by Crippen LogP contribution is 2.26. The first kappa shape index (κ1) is 24.0. The summed E-state index contributed by atoms with van der Waals surface area (Å²) in [6.07, 6.45) is 1.59. The molecule has 0 spiro atoms. The van der Waals surface area contributed by atoms with Gasteiger partial charge in [0.1, 0.15) is 5.82 Å². The van der Waals surface area contributed by atoms with Crippen LogP contribution in [0.1, 0.15) is 40.1 Å². The van der Waals surface area contributed by atoms with Gasteiger partial charge in [0.2, 0.25) is 0 Å². The Bertz CT molecular complexity index is 1070. The third-order valence-electron chi connectivity index (χ3n) is 5.28. The lowest BCUT2D eigenvalue weighted by atomic mass is 10.0. The lowest BCUT2D eigenvalue weighted by Gasteiger charge is -2.18. The summed E-state index contributed by atoms with van der Waals surface area (Å²) in [5.74, 6) is 0.651. The third kappa shape index (κ3) is 6.93. The van der Waals surface area contributed by atoms with Crippen LogP contribution in [0.3, 0.4) is 0 Å². The van der Waals surface area contributed by atoms with Crippen LogP contribution in [0.15, 0.2) is 60.8 Å². The number of aromatic hydroxyl groups is 1. The van der Waals surface area contributed by atoms with E-state index in [4.69, 9.17) is 10.5 Å². The molecule has 174 valence electrons. The summed E-state index contributed by atoms with van der Waals surface area (Å²) in [5, 5.41) is 26.2. The van der Waals surface area contributed by atoms with E-state index in [9.17, 15) is 15.0 Å². The molecule has 8 heteroatoms. The number of aromatic nitrogens is 1. The highest BCUT2D eigenvalue weighted by atomic mass is 16.5. The highest BCUT2D eigenvalue weighted by molar-refractivity contribution is 5.94. The van der Waals surface area contributed by atoms with Crippen LogP contribution >= 0.6 is 0 Å². The Morgan fingerprint density at radius 1 is 1.15 bits per heavy atom. The maximum Gasteiger partial charge on any atom is 0.251 e. The molecule has 2 aromatic carbocycles. The summed E-state index contributed by atoms with van der Waals surface area (Å²) in [4.78, 5) is 16.6. The zero-order valence-electron chi connectivity index (χ0n) is 18.8. The molecule has 33 heavy (non-hydrogen) atoms. The number of carbonyl (C=O) groups excluding carboxylic acids is 1. The molecule has 0 aliphatic carbocycles. The number of anilines is 1. The summed E-state index contributed by atoms with van der Waals surface area (Å²) in [6, 6.07) is 15.9. The number of phenolic OH excluding ortho intramolecular Hbond substituents is 1. The molecule has 0 saturated carbocycles. The van der Waals surface area contributed by atoms with Gasteiger partial charge in [0, 0.05) is 36.5 Å². The topological polar surface area (TPSA) is 130 Å². The molecule has 3 rings (SSSR count). The summed E-state index contributed by atoms with van der Waals surface area (Å²) < 4.78 is 5.10. The van der Waals surface area contributed by atoms with E-state index in [1.54, 1.807) is 36.5 Å². The second-order valence-corrected chi connectivity index (χ2v) is 7.93. The van der Waals surface area contributed by atoms with E-state index >= 15 is 0 Å². The molecule has 8 nitrogen and oxygen atoms in total. The van der Waals surface area contributed by atoms with Crippen molar-refractivity contribution in [3.63, 3.8) is 0 Å². The van der Waals surface area contributed by atoms with Crippen LogP contribution in [-0.4, -0.2) is 40.8 Å².